The summed E-state index contributed by atoms with van der Waals surface area (Å²) in [5, 5.41) is 3.58. The van der Waals surface area contributed by atoms with Gasteiger partial charge in [-0.1, -0.05) is 30.0 Å². The second kappa shape index (κ2) is 9.01. The van der Waals surface area contributed by atoms with Crippen molar-refractivity contribution < 1.29 is 14.3 Å². The number of methoxy groups -OCH3 is 2. The van der Waals surface area contributed by atoms with Crippen molar-refractivity contribution >= 4 is 28.7 Å². The quantitative estimate of drug-likeness (QED) is 0.583. The van der Waals surface area contributed by atoms with Gasteiger partial charge in [-0.2, -0.15) is 0 Å². The van der Waals surface area contributed by atoms with Crippen LogP contribution in [0.2, 0.25) is 0 Å². The summed E-state index contributed by atoms with van der Waals surface area (Å²) in [4.78, 5) is 17.3. The molecule has 7 heteroatoms. The first-order chi connectivity index (χ1) is 13.6. The minimum Gasteiger partial charge on any atom is -0.493 e. The number of ether oxygens (including phenoxy) is 2. The van der Waals surface area contributed by atoms with Crippen molar-refractivity contribution in [1.29, 1.82) is 0 Å². The first kappa shape index (κ1) is 20.1. The number of benzene rings is 2. The highest BCUT2D eigenvalue weighted by atomic mass is 32.2. The van der Waals surface area contributed by atoms with E-state index < -0.39 is 0 Å². The number of nitrogens with one attached hydrogen (secondary N) is 1. The first-order valence-corrected chi connectivity index (χ1v) is 10.1. The van der Waals surface area contributed by atoms with Crippen LogP contribution in [0.5, 0.6) is 11.5 Å². The monoisotopic (exact) mass is 399 g/mol. The Hall–Kier alpha value is -2.67. The van der Waals surface area contributed by atoms with Crippen molar-refractivity contribution in [3.05, 3.63) is 48.0 Å². The molecule has 0 aliphatic rings. The van der Waals surface area contributed by atoms with E-state index in [9.17, 15) is 4.79 Å². The maximum absolute atomic E-state index is 12.6. The smallest absolute Gasteiger partial charge is 0.233 e. The van der Waals surface area contributed by atoms with Crippen molar-refractivity contribution in [3.63, 3.8) is 0 Å². The number of carbonyl (C=O) groups excluding carboxylic acids is 1. The van der Waals surface area contributed by atoms with Crippen LogP contribution in [0.15, 0.2) is 47.6 Å². The standard InChI is InChI=1S/C21H25N3O3S/c1-5-24-17-9-7-6-8-16(17)23-21(24)28-14(2)20(25)22-13-15-10-11-18(26-3)19(12-15)27-4/h6-12,14H,5,13H2,1-4H3,(H,22,25). The van der Waals surface area contributed by atoms with Crippen LogP contribution in [0.4, 0.5) is 0 Å². The molecular formula is C21H25N3O3S. The van der Waals surface area contributed by atoms with Crippen LogP contribution in [-0.4, -0.2) is 34.9 Å². The van der Waals surface area contributed by atoms with E-state index >= 15 is 0 Å². The number of amides is 1. The van der Waals surface area contributed by atoms with Crippen LogP contribution in [-0.2, 0) is 17.9 Å². The summed E-state index contributed by atoms with van der Waals surface area (Å²) in [5.41, 5.74) is 2.99. The molecule has 148 valence electrons. The molecule has 0 saturated heterocycles. The molecule has 0 radical (unpaired) electrons. The van der Waals surface area contributed by atoms with Crippen molar-refractivity contribution in [2.45, 2.75) is 37.3 Å². The van der Waals surface area contributed by atoms with Gasteiger partial charge in [0.2, 0.25) is 5.91 Å². The average molecular weight is 400 g/mol. The summed E-state index contributed by atoms with van der Waals surface area (Å²) in [6, 6.07) is 13.6. The van der Waals surface area contributed by atoms with E-state index in [1.807, 2.05) is 43.3 Å². The van der Waals surface area contributed by atoms with Gasteiger partial charge in [0.15, 0.2) is 16.7 Å². The van der Waals surface area contributed by atoms with Crippen LogP contribution < -0.4 is 14.8 Å². The molecule has 1 unspecified atom stereocenters. The molecule has 1 aromatic heterocycles. The molecule has 0 spiro atoms. The van der Waals surface area contributed by atoms with E-state index in [0.717, 1.165) is 28.3 Å². The number of nitrogens with zero attached hydrogens (tertiary/aromatic N) is 2. The second-order valence-electron chi connectivity index (χ2n) is 6.29. The van der Waals surface area contributed by atoms with Gasteiger partial charge in [0.25, 0.3) is 0 Å². The van der Waals surface area contributed by atoms with Crippen LogP contribution in [0.3, 0.4) is 0 Å². The molecule has 1 heterocycles. The molecule has 3 rings (SSSR count). The summed E-state index contributed by atoms with van der Waals surface area (Å²) in [7, 11) is 3.20. The molecule has 0 bridgehead atoms. The van der Waals surface area contributed by atoms with Crippen LogP contribution in [0.1, 0.15) is 19.4 Å². The number of rotatable bonds is 8. The average Bonchev–Trinajstić information content (AvgIpc) is 3.08. The zero-order valence-corrected chi connectivity index (χ0v) is 17.4. The molecule has 0 saturated carbocycles. The highest BCUT2D eigenvalue weighted by Crippen LogP contribution is 2.29. The van der Waals surface area contributed by atoms with E-state index in [-0.39, 0.29) is 11.2 Å². The lowest BCUT2D eigenvalue weighted by molar-refractivity contribution is -0.120. The third-order valence-corrected chi connectivity index (χ3v) is 5.59. The number of aryl methyl sites for hydroxylation is 1. The maximum Gasteiger partial charge on any atom is 0.233 e. The minimum atomic E-state index is -0.262. The summed E-state index contributed by atoms with van der Waals surface area (Å²) >= 11 is 1.47. The zero-order valence-electron chi connectivity index (χ0n) is 16.6. The van der Waals surface area contributed by atoms with Crippen molar-refractivity contribution in [3.8, 4) is 11.5 Å². The molecule has 3 aromatic rings. The Morgan fingerprint density at radius 2 is 1.93 bits per heavy atom. The van der Waals surface area contributed by atoms with Gasteiger partial charge in [0.1, 0.15) is 0 Å². The molecule has 1 amide bonds. The van der Waals surface area contributed by atoms with E-state index in [4.69, 9.17) is 9.47 Å². The van der Waals surface area contributed by atoms with Gasteiger partial charge in [-0.25, -0.2) is 4.98 Å². The second-order valence-corrected chi connectivity index (χ2v) is 7.60. The predicted molar refractivity (Wildman–Crippen MR) is 112 cm³/mol. The summed E-state index contributed by atoms with van der Waals surface area (Å²) < 4.78 is 12.7. The molecule has 1 atom stereocenters. The van der Waals surface area contributed by atoms with Crippen molar-refractivity contribution in [2.75, 3.05) is 14.2 Å². The highest BCUT2D eigenvalue weighted by molar-refractivity contribution is 8.00. The Kier molecular flexibility index (Phi) is 6.46. The normalized spacial score (nSPS) is 12.0. The van der Waals surface area contributed by atoms with E-state index in [1.54, 1.807) is 14.2 Å². The molecule has 2 aromatic carbocycles. The Morgan fingerprint density at radius 1 is 1.18 bits per heavy atom. The van der Waals surface area contributed by atoms with E-state index in [2.05, 4.69) is 27.9 Å². The van der Waals surface area contributed by atoms with Gasteiger partial charge in [-0.15, -0.1) is 0 Å². The highest BCUT2D eigenvalue weighted by Gasteiger charge is 2.19. The van der Waals surface area contributed by atoms with E-state index in [1.165, 1.54) is 11.8 Å². The van der Waals surface area contributed by atoms with Crippen molar-refractivity contribution in [2.24, 2.45) is 0 Å². The van der Waals surface area contributed by atoms with Gasteiger partial charge in [-0.05, 0) is 43.7 Å². The lowest BCUT2D eigenvalue weighted by atomic mass is 10.2. The fourth-order valence-corrected chi connectivity index (χ4v) is 4.00. The topological polar surface area (TPSA) is 65.4 Å². The largest absolute Gasteiger partial charge is 0.493 e. The van der Waals surface area contributed by atoms with Crippen LogP contribution in [0.25, 0.3) is 11.0 Å². The van der Waals surface area contributed by atoms with Crippen LogP contribution >= 0.6 is 11.8 Å². The van der Waals surface area contributed by atoms with Gasteiger partial charge >= 0.3 is 0 Å². The Morgan fingerprint density at radius 3 is 2.64 bits per heavy atom. The molecule has 0 fully saturated rings. The Labute approximate surface area is 169 Å². The fraction of sp³-hybridized carbons (Fsp3) is 0.333. The minimum absolute atomic E-state index is 0.0329. The molecule has 0 aliphatic heterocycles. The number of para-hydroxylation sites is 2. The Balaban J connectivity index is 1.65. The summed E-state index contributed by atoms with van der Waals surface area (Å²) in [6.45, 7) is 5.21. The van der Waals surface area contributed by atoms with E-state index in [0.29, 0.717) is 18.0 Å². The molecule has 6 nitrogen and oxygen atoms in total. The van der Waals surface area contributed by atoms with Gasteiger partial charge in [0, 0.05) is 13.1 Å². The lowest BCUT2D eigenvalue weighted by Crippen LogP contribution is -2.30. The summed E-state index contributed by atoms with van der Waals surface area (Å²) in [6.07, 6.45) is 0. The van der Waals surface area contributed by atoms with Crippen LogP contribution in [0, 0.1) is 0 Å². The third kappa shape index (κ3) is 4.25. The SMILES string of the molecule is CCn1c(SC(C)C(=O)NCc2ccc(OC)c(OC)c2)nc2ccccc21. The predicted octanol–water partition coefficient (Wildman–Crippen LogP) is 3.87. The number of hydrogen-bond donors (Lipinski definition) is 1. The molecule has 1 N–H and O–H groups in total. The lowest BCUT2D eigenvalue weighted by Gasteiger charge is -2.14. The van der Waals surface area contributed by atoms with Gasteiger partial charge < -0.3 is 19.4 Å². The molecule has 0 aliphatic carbocycles. The maximum atomic E-state index is 12.6. The Bertz CT molecular complexity index is 971. The molecular weight excluding hydrogens is 374 g/mol. The first-order valence-electron chi connectivity index (χ1n) is 9.17. The number of fused-ring (bicyclic) bond motifs is 1. The fourth-order valence-electron chi connectivity index (χ4n) is 2.98. The zero-order chi connectivity index (χ0) is 20.1. The van der Waals surface area contributed by atoms with Gasteiger partial charge in [-0.3, -0.25) is 4.79 Å². The third-order valence-electron chi connectivity index (χ3n) is 4.50. The number of thioether (sulfide) groups is 1. The summed E-state index contributed by atoms with van der Waals surface area (Å²) in [5.74, 6) is 1.28. The van der Waals surface area contributed by atoms with Gasteiger partial charge in [0.05, 0.1) is 30.5 Å². The van der Waals surface area contributed by atoms with Crippen molar-refractivity contribution in [1.82, 2.24) is 14.9 Å². The number of imidazole rings is 1. The number of hydrogen-bond acceptors (Lipinski definition) is 5. The number of aromatic nitrogens is 2. The molecule has 28 heavy (non-hydrogen) atoms. The number of carbonyl (C=O) groups is 1.